The number of carbonyl (C=O) groups is 2. The van der Waals surface area contributed by atoms with E-state index in [0.29, 0.717) is 37.2 Å². The third-order valence-electron chi connectivity index (χ3n) is 3.62. The fraction of sp³-hybridized carbons (Fsp3) is 0.467. The first-order chi connectivity index (χ1) is 11.2. The van der Waals surface area contributed by atoms with E-state index < -0.39 is 0 Å². The van der Waals surface area contributed by atoms with Gasteiger partial charge in [-0.15, -0.1) is 0 Å². The summed E-state index contributed by atoms with van der Waals surface area (Å²) < 4.78 is 15.2. The number of amides is 1. The van der Waals surface area contributed by atoms with Crippen LogP contribution in [0.5, 0.6) is 0 Å². The van der Waals surface area contributed by atoms with Gasteiger partial charge < -0.3 is 18.6 Å². The van der Waals surface area contributed by atoms with Crippen LogP contribution < -0.4 is 0 Å². The van der Waals surface area contributed by atoms with E-state index in [1.807, 2.05) is 0 Å². The van der Waals surface area contributed by atoms with E-state index in [9.17, 15) is 9.59 Å². The van der Waals surface area contributed by atoms with Crippen LogP contribution in [0, 0.1) is 0 Å². The number of rotatable bonds is 6. The van der Waals surface area contributed by atoms with Gasteiger partial charge in [0, 0.05) is 19.5 Å². The Hall–Kier alpha value is -2.64. The zero-order chi connectivity index (χ0) is 16.2. The Morgan fingerprint density at radius 1 is 1.39 bits per heavy atom. The van der Waals surface area contributed by atoms with Gasteiger partial charge in [-0.25, -0.2) is 0 Å². The molecule has 2 aromatic heterocycles. The molecule has 1 aliphatic heterocycles. The molecule has 23 heavy (non-hydrogen) atoms. The molecule has 1 aliphatic rings. The van der Waals surface area contributed by atoms with Crippen molar-refractivity contribution in [1.29, 1.82) is 0 Å². The van der Waals surface area contributed by atoms with E-state index in [4.69, 9.17) is 13.7 Å². The van der Waals surface area contributed by atoms with Crippen molar-refractivity contribution in [2.75, 3.05) is 19.7 Å². The fourth-order valence-corrected chi connectivity index (χ4v) is 2.35. The van der Waals surface area contributed by atoms with Gasteiger partial charge in [0.1, 0.15) is 0 Å². The van der Waals surface area contributed by atoms with E-state index in [0.717, 1.165) is 0 Å². The van der Waals surface area contributed by atoms with E-state index in [2.05, 4.69) is 10.1 Å². The second-order valence-electron chi connectivity index (χ2n) is 5.23. The van der Waals surface area contributed by atoms with Gasteiger partial charge in [-0.05, 0) is 19.1 Å². The van der Waals surface area contributed by atoms with Gasteiger partial charge >= 0.3 is 5.97 Å². The summed E-state index contributed by atoms with van der Waals surface area (Å²) in [6, 6.07) is 3.50. The van der Waals surface area contributed by atoms with Gasteiger partial charge in [0.25, 0.3) is 0 Å². The molecule has 1 amide bonds. The number of hydrogen-bond acceptors (Lipinski definition) is 7. The van der Waals surface area contributed by atoms with Crippen molar-refractivity contribution in [2.24, 2.45) is 0 Å². The van der Waals surface area contributed by atoms with Crippen molar-refractivity contribution in [1.82, 2.24) is 15.0 Å². The molecule has 0 spiro atoms. The number of ether oxygens (including phenoxy) is 1. The summed E-state index contributed by atoms with van der Waals surface area (Å²) in [5.41, 5.74) is 0. The van der Waals surface area contributed by atoms with Crippen LogP contribution in [-0.4, -0.2) is 46.6 Å². The fourth-order valence-electron chi connectivity index (χ4n) is 2.35. The van der Waals surface area contributed by atoms with Crippen LogP contribution >= 0.6 is 0 Å². The minimum atomic E-state index is -0.349. The van der Waals surface area contributed by atoms with Crippen molar-refractivity contribution in [3.8, 4) is 11.6 Å². The van der Waals surface area contributed by atoms with Crippen molar-refractivity contribution < 1.29 is 23.3 Å². The largest absolute Gasteiger partial charge is 0.466 e. The molecule has 0 unspecified atom stereocenters. The van der Waals surface area contributed by atoms with Gasteiger partial charge in [0.05, 0.1) is 25.2 Å². The molecule has 8 heteroatoms. The molecule has 0 N–H and O–H groups in total. The van der Waals surface area contributed by atoms with E-state index in [-0.39, 0.29) is 30.6 Å². The second-order valence-corrected chi connectivity index (χ2v) is 5.23. The molecule has 2 aromatic rings. The van der Waals surface area contributed by atoms with Crippen LogP contribution in [0.3, 0.4) is 0 Å². The summed E-state index contributed by atoms with van der Waals surface area (Å²) in [6.07, 6.45) is 1.81. The third kappa shape index (κ3) is 3.41. The van der Waals surface area contributed by atoms with Gasteiger partial charge in [-0.3, -0.25) is 9.59 Å². The van der Waals surface area contributed by atoms with Gasteiger partial charge in [-0.2, -0.15) is 4.98 Å². The highest BCUT2D eigenvalue weighted by atomic mass is 16.5. The first kappa shape index (κ1) is 15.3. The van der Waals surface area contributed by atoms with Crippen molar-refractivity contribution >= 4 is 11.9 Å². The summed E-state index contributed by atoms with van der Waals surface area (Å²) in [6.45, 7) is 3.10. The number of likely N-dealkylation sites (tertiary alicyclic amines) is 1. The molecule has 0 aliphatic carbocycles. The second kappa shape index (κ2) is 6.64. The number of carbonyl (C=O) groups excluding carboxylic acids is 2. The molecule has 0 atom stereocenters. The molecule has 1 saturated heterocycles. The Kier molecular flexibility index (Phi) is 4.40. The summed E-state index contributed by atoms with van der Waals surface area (Å²) in [7, 11) is 0. The number of hydrogen-bond donors (Lipinski definition) is 0. The van der Waals surface area contributed by atoms with Crippen molar-refractivity contribution in [3.05, 3.63) is 24.3 Å². The highest BCUT2D eigenvalue weighted by Crippen LogP contribution is 2.28. The Balaban J connectivity index is 1.47. The average molecular weight is 319 g/mol. The Morgan fingerprint density at radius 2 is 2.22 bits per heavy atom. The summed E-state index contributed by atoms with van der Waals surface area (Å²) >= 11 is 0. The molecular weight excluding hydrogens is 302 g/mol. The third-order valence-corrected chi connectivity index (χ3v) is 3.62. The lowest BCUT2D eigenvalue weighted by molar-refractivity contribution is -0.146. The SMILES string of the molecule is CCOC(=O)CCC(=O)N1CC(c2nc(-c3ccco3)no2)C1. The smallest absolute Gasteiger partial charge is 0.306 e. The van der Waals surface area contributed by atoms with E-state index in [1.165, 1.54) is 0 Å². The number of esters is 1. The molecule has 0 bridgehead atoms. The molecule has 0 aromatic carbocycles. The lowest BCUT2D eigenvalue weighted by Crippen LogP contribution is -2.48. The van der Waals surface area contributed by atoms with Crippen LogP contribution in [-0.2, 0) is 14.3 Å². The van der Waals surface area contributed by atoms with Crippen LogP contribution in [0.15, 0.2) is 27.3 Å². The zero-order valence-corrected chi connectivity index (χ0v) is 12.7. The monoisotopic (exact) mass is 319 g/mol. The standard InChI is InChI=1S/C15H17N3O5/c1-2-21-13(20)6-5-12(19)18-8-10(9-18)15-16-14(17-23-15)11-4-3-7-22-11/h3-4,7,10H,2,5-6,8-9H2,1H3. The van der Waals surface area contributed by atoms with Crippen LogP contribution in [0.4, 0.5) is 0 Å². The lowest BCUT2D eigenvalue weighted by Gasteiger charge is -2.37. The molecule has 3 heterocycles. The predicted molar refractivity (Wildman–Crippen MR) is 77.2 cm³/mol. The summed E-state index contributed by atoms with van der Waals surface area (Å²) in [5.74, 6) is 1.04. The zero-order valence-electron chi connectivity index (χ0n) is 12.7. The first-order valence-electron chi connectivity index (χ1n) is 7.48. The van der Waals surface area contributed by atoms with E-state index >= 15 is 0 Å². The maximum atomic E-state index is 11.9. The van der Waals surface area contributed by atoms with Gasteiger partial charge in [0.2, 0.25) is 17.6 Å². The lowest BCUT2D eigenvalue weighted by atomic mass is 9.99. The number of nitrogens with zero attached hydrogens (tertiary/aromatic N) is 3. The molecule has 1 fully saturated rings. The molecule has 122 valence electrons. The van der Waals surface area contributed by atoms with Crippen LogP contribution in [0.2, 0.25) is 0 Å². The van der Waals surface area contributed by atoms with E-state index in [1.54, 1.807) is 30.2 Å². The normalized spacial score (nSPS) is 14.6. The molecule has 0 radical (unpaired) electrons. The highest BCUT2D eigenvalue weighted by molar-refractivity contribution is 5.82. The van der Waals surface area contributed by atoms with Crippen LogP contribution in [0.1, 0.15) is 31.6 Å². The molecule has 3 rings (SSSR count). The highest BCUT2D eigenvalue weighted by Gasteiger charge is 2.35. The maximum Gasteiger partial charge on any atom is 0.306 e. The van der Waals surface area contributed by atoms with Crippen molar-refractivity contribution in [2.45, 2.75) is 25.7 Å². The molecule has 0 saturated carbocycles. The van der Waals surface area contributed by atoms with Gasteiger partial charge in [0.15, 0.2) is 5.76 Å². The number of aromatic nitrogens is 2. The topological polar surface area (TPSA) is 98.7 Å². The minimum Gasteiger partial charge on any atom is -0.466 e. The number of furan rings is 1. The predicted octanol–water partition coefficient (Wildman–Crippen LogP) is 1.60. The van der Waals surface area contributed by atoms with Crippen LogP contribution in [0.25, 0.3) is 11.6 Å². The Morgan fingerprint density at radius 3 is 2.91 bits per heavy atom. The summed E-state index contributed by atoms with van der Waals surface area (Å²) in [5, 5.41) is 3.87. The van der Waals surface area contributed by atoms with Gasteiger partial charge in [-0.1, -0.05) is 5.16 Å². The Labute approximate surface area is 132 Å². The Bertz CT molecular complexity index is 673. The minimum absolute atomic E-state index is 0.0257. The average Bonchev–Trinajstić information content (AvgIpc) is 3.14. The first-order valence-corrected chi connectivity index (χ1v) is 7.48. The summed E-state index contributed by atoms with van der Waals surface area (Å²) in [4.78, 5) is 29.1. The molecular formula is C15H17N3O5. The van der Waals surface area contributed by atoms with Crippen molar-refractivity contribution in [3.63, 3.8) is 0 Å². The maximum absolute atomic E-state index is 11.9. The quantitative estimate of drug-likeness (QED) is 0.746. The molecule has 8 nitrogen and oxygen atoms in total.